The molecule has 4 heteroatoms. The van der Waals surface area contributed by atoms with E-state index < -0.39 is 17.7 Å². The number of halogens is 2. The maximum atomic E-state index is 13.0. The Morgan fingerprint density at radius 2 is 2.15 bits per heavy atom. The lowest BCUT2D eigenvalue weighted by molar-refractivity contribution is 0.564. The summed E-state index contributed by atoms with van der Waals surface area (Å²) in [6.45, 7) is 0. The number of nitrogens with zero attached hydrogens (tertiary/aromatic N) is 1. The van der Waals surface area contributed by atoms with Crippen molar-refractivity contribution in [1.29, 1.82) is 5.26 Å². The molecule has 0 aliphatic carbocycles. The number of hydrogen-bond donors (Lipinski definition) is 1. The van der Waals surface area contributed by atoms with E-state index in [4.69, 9.17) is 11.0 Å². The van der Waals surface area contributed by atoms with Gasteiger partial charge in [-0.15, -0.1) is 0 Å². The van der Waals surface area contributed by atoms with Crippen LogP contribution in [0.15, 0.2) is 18.2 Å². The van der Waals surface area contributed by atoms with E-state index in [0.29, 0.717) is 0 Å². The zero-order valence-electron chi connectivity index (χ0n) is 6.80. The third-order valence-corrected chi connectivity index (χ3v) is 1.67. The molecule has 0 unspecified atom stereocenters. The monoisotopic (exact) mass is 182 g/mol. The van der Waals surface area contributed by atoms with E-state index in [1.54, 1.807) is 6.07 Å². The predicted octanol–water partition coefficient (Wildman–Crippen LogP) is 1.88. The Kier molecular flexibility index (Phi) is 2.93. The molecule has 1 atom stereocenters. The molecule has 0 bridgehead atoms. The summed E-state index contributed by atoms with van der Waals surface area (Å²) in [7, 11) is 0. The fourth-order valence-corrected chi connectivity index (χ4v) is 1.01. The second-order valence-corrected chi connectivity index (χ2v) is 2.63. The molecule has 2 N–H and O–H groups in total. The Morgan fingerprint density at radius 3 is 2.77 bits per heavy atom. The quantitative estimate of drug-likeness (QED) is 0.759. The van der Waals surface area contributed by atoms with Gasteiger partial charge in [-0.25, -0.2) is 8.78 Å². The lowest BCUT2D eigenvalue weighted by atomic mass is 10.0. The number of nitriles is 1. The van der Waals surface area contributed by atoms with Crippen LogP contribution in [0.1, 0.15) is 18.0 Å². The third kappa shape index (κ3) is 2.23. The van der Waals surface area contributed by atoms with Gasteiger partial charge in [-0.05, 0) is 18.2 Å². The summed E-state index contributed by atoms with van der Waals surface area (Å²) in [5.74, 6) is -1.13. The Balaban J connectivity index is 3.00. The zero-order chi connectivity index (χ0) is 9.84. The molecular weight excluding hydrogens is 174 g/mol. The van der Waals surface area contributed by atoms with Gasteiger partial charge in [-0.2, -0.15) is 5.26 Å². The molecule has 0 heterocycles. The summed E-state index contributed by atoms with van der Waals surface area (Å²) in [6.07, 6.45) is -0.0274. The van der Waals surface area contributed by atoms with Gasteiger partial charge >= 0.3 is 0 Å². The van der Waals surface area contributed by atoms with Crippen LogP contribution in [0.5, 0.6) is 0 Å². The highest BCUT2D eigenvalue weighted by Crippen LogP contribution is 2.18. The third-order valence-electron chi connectivity index (χ3n) is 1.67. The smallest absolute Gasteiger partial charge is 0.128 e. The van der Waals surface area contributed by atoms with Gasteiger partial charge in [-0.1, -0.05) is 0 Å². The van der Waals surface area contributed by atoms with Crippen molar-refractivity contribution >= 4 is 0 Å². The molecule has 2 nitrogen and oxygen atoms in total. The molecule has 68 valence electrons. The minimum Gasteiger partial charge on any atom is -0.323 e. The Morgan fingerprint density at radius 1 is 1.46 bits per heavy atom. The topological polar surface area (TPSA) is 49.8 Å². The molecule has 1 aromatic carbocycles. The molecule has 0 aromatic heterocycles. The average Bonchev–Trinajstić information content (AvgIpc) is 2.09. The van der Waals surface area contributed by atoms with E-state index in [0.717, 1.165) is 18.2 Å². The minimum atomic E-state index is -0.763. The molecule has 0 saturated carbocycles. The lowest BCUT2D eigenvalue weighted by Crippen LogP contribution is -2.11. The first-order valence-electron chi connectivity index (χ1n) is 3.72. The fourth-order valence-electron chi connectivity index (χ4n) is 1.01. The zero-order valence-corrected chi connectivity index (χ0v) is 6.80. The summed E-state index contributed by atoms with van der Waals surface area (Å²) in [5.41, 5.74) is 5.49. The highest BCUT2D eigenvalue weighted by Gasteiger charge is 2.11. The molecule has 1 rings (SSSR count). The molecule has 0 amide bonds. The van der Waals surface area contributed by atoms with Gasteiger partial charge in [-0.3, -0.25) is 0 Å². The van der Waals surface area contributed by atoms with Gasteiger partial charge in [0, 0.05) is 11.6 Å². The van der Waals surface area contributed by atoms with Crippen LogP contribution >= 0.6 is 0 Å². The summed E-state index contributed by atoms with van der Waals surface area (Å²) in [6, 6.07) is 4.06. The van der Waals surface area contributed by atoms with Gasteiger partial charge in [0.1, 0.15) is 11.6 Å². The molecule has 0 aliphatic heterocycles. The van der Waals surface area contributed by atoms with Crippen molar-refractivity contribution in [1.82, 2.24) is 0 Å². The van der Waals surface area contributed by atoms with Crippen molar-refractivity contribution in [3.05, 3.63) is 35.4 Å². The van der Waals surface area contributed by atoms with Crippen LogP contribution in [0.3, 0.4) is 0 Å². The van der Waals surface area contributed by atoms with Crippen LogP contribution in [0.4, 0.5) is 8.78 Å². The first-order chi connectivity index (χ1) is 6.15. The highest BCUT2D eigenvalue weighted by molar-refractivity contribution is 5.22. The van der Waals surface area contributed by atoms with Crippen molar-refractivity contribution < 1.29 is 8.78 Å². The molecule has 0 saturated heterocycles. The van der Waals surface area contributed by atoms with Crippen LogP contribution in [0, 0.1) is 23.0 Å². The summed E-state index contributed by atoms with van der Waals surface area (Å²) >= 11 is 0. The normalized spacial score (nSPS) is 12.2. The molecule has 0 radical (unpaired) electrons. The van der Waals surface area contributed by atoms with E-state index in [-0.39, 0.29) is 12.0 Å². The Hall–Kier alpha value is -1.47. The van der Waals surface area contributed by atoms with E-state index in [1.807, 2.05) is 0 Å². The molecule has 1 aromatic rings. The van der Waals surface area contributed by atoms with Crippen molar-refractivity contribution in [2.75, 3.05) is 0 Å². The maximum absolute atomic E-state index is 13.0. The summed E-state index contributed by atoms with van der Waals surface area (Å²) < 4.78 is 25.6. The Bertz CT molecular complexity index is 344. The summed E-state index contributed by atoms with van der Waals surface area (Å²) in [4.78, 5) is 0. The second kappa shape index (κ2) is 3.97. The van der Waals surface area contributed by atoms with Crippen molar-refractivity contribution in [3.8, 4) is 6.07 Å². The molecule has 0 aliphatic rings. The van der Waals surface area contributed by atoms with Gasteiger partial charge < -0.3 is 5.73 Å². The summed E-state index contributed by atoms with van der Waals surface area (Å²) in [5, 5.41) is 8.31. The highest BCUT2D eigenvalue weighted by atomic mass is 19.1. The van der Waals surface area contributed by atoms with Crippen molar-refractivity contribution in [2.45, 2.75) is 12.5 Å². The van der Waals surface area contributed by atoms with Gasteiger partial charge in [0.25, 0.3) is 0 Å². The van der Waals surface area contributed by atoms with Crippen LogP contribution in [-0.4, -0.2) is 0 Å². The average molecular weight is 182 g/mol. The lowest BCUT2D eigenvalue weighted by Gasteiger charge is -2.08. The first-order valence-corrected chi connectivity index (χ1v) is 3.72. The van der Waals surface area contributed by atoms with E-state index in [2.05, 4.69) is 0 Å². The molecule has 0 spiro atoms. The minimum absolute atomic E-state index is 0.0274. The fraction of sp³-hybridized carbons (Fsp3) is 0.222. The first kappa shape index (κ1) is 9.62. The SMILES string of the molecule is N#CC[C@@H](N)c1cc(F)ccc1F. The van der Waals surface area contributed by atoms with E-state index in [1.165, 1.54) is 0 Å². The number of rotatable bonds is 2. The standard InChI is InChI=1S/C9H8F2N2/c10-6-1-2-8(11)7(5-6)9(13)3-4-12/h1-2,5,9H,3,13H2/t9-/m1/s1. The second-order valence-electron chi connectivity index (χ2n) is 2.63. The number of hydrogen-bond acceptors (Lipinski definition) is 2. The molecule has 13 heavy (non-hydrogen) atoms. The number of nitrogens with two attached hydrogens (primary N) is 1. The Labute approximate surface area is 74.6 Å². The van der Waals surface area contributed by atoms with Crippen LogP contribution in [0.2, 0.25) is 0 Å². The van der Waals surface area contributed by atoms with E-state index >= 15 is 0 Å². The molecule has 0 fully saturated rings. The largest absolute Gasteiger partial charge is 0.323 e. The van der Waals surface area contributed by atoms with Gasteiger partial charge in [0.05, 0.1) is 12.5 Å². The van der Waals surface area contributed by atoms with Crippen LogP contribution in [-0.2, 0) is 0 Å². The van der Waals surface area contributed by atoms with Crippen LogP contribution < -0.4 is 5.73 Å². The van der Waals surface area contributed by atoms with Gasteiger partial charge in [0.2, 0.25) is 0 Å². The van der Waals surface area contributed by atoms with Crippen molar-refractivity contribution in [3.63, 3.8) is 0 Å². The van der Waals surface area contributed by atoms with Gasteiger partial charge in [0.15, 0.2) is 0 Å². The maximum Gasteiger partial charge on any atom is 0.128 e. The predicted molar refractivity (Wildman–Crippen MR) is 43.5 cm³/mol. The van der Waals surface area contributed by atoms with Crippen LogP contribution in [0.25, 0.3) is 0 Å². The molecular formula is C9H8F2N2. The number of benzene rings is 1. The van der Waals surface area contributed by atoms with Crippen molar-refractivity contribution in [2.24, 2.45) is 5.73 Å². The van der Waals surface area contributed by atoms with E-state index in [9.17, 15) is 8.78 Å².